The molecular weight excluding hydrogens is 370 g/mol. The Morgan fingerprint density at radius 2 is 1.35 bits per heavy atom. The summed E-state index contributed by atoms with van der Waals surface area (Å²) < 4.78 is 81.0. The maximum absolute atomic E-state index is 13.0. The fraction of sp³-hybridized carbons (Fsp3) is 0.125. The molecular formula is C16H8F6O4. The highest BCUT2D eigenvalue weighted by Gasteiger charge is 2.36. The summed E-state index contributed by atoms with van der Waals surface area (Å²) in [7, 11) is 0. The van der Waals surface area contributed by atoms with Crippen molar-refractivity contribution < 1.29 is 45.8 Å². The van der Waals surface area contributed by atoms with Gasteiger partial charge in [-0.15, -0.1) is 0 Å². The number of ether oxygens (including phenoxy) is 1. The van der Waals surface area contributed by atoms with E-state index in [1.807, 2.05) is 0 Å². The molecule has 2 aromatic carbocycles. The third-order valence-electron chi connectivity index (χ3n) is 3.18. The minimum Gasteiger partial charge on any atom is -0.478 e. The van der Waals surface area contributed by atoms with E-state index >= 15 is 0 Å². The highest BCUT2D eigenvalue weighted by molar-refractivity contribution is 5.92. The van der Waals surface area contributed by atoms with Gasteiger partial charge in [0, 0.05) is 0 Å². The molecule has 0 aromatic heterocycles. The SMILES string of the molecule is O=C(O)c1ccc(OC(=O)c2ccc(C(F)(F)F)cc2)c(C(F)(F)F)c1. The van der Waals surface area contributed by atoms with Crippen LogP contribution in [-0.2, 0) is 12.4 Å². The summed E-state index contributed by atoms with van der Waals surface area (Å²) in [6.45, 7) is 0. The number of hydrogen-bond acceptors (Lipinski definition) is 3. The minimum absolute atomic E-state index is 0.289. The number of alkyl halides is 6. The van der Waals surface area contributed by atoms with Crippen LogP contribution >= 0.6 is 0 Å². The van der Waals surface area contributed by atoms with Crippen LogP contribution in [0.5, 0.6) is 5.75 Å². The highest BCUT2D eigenvalue weighted by Crippen LogP contribution is 2.37. The average molecular weight is 378 g/mol. The first-order chi connectivity index (χ1) is 11.9. The van der Waals surface area contributed by atoms with E-state index in [0.29, 0.717) is 18.2 Å². The zero-order chi connectivity index (χ0) is 19.7. The van der Waals surface area contributed by atoms with Gasteiger partial charge in [-0.1, -0.05) is 0 Å². The molecule has 0 unspecified atom stereocenters. The monoisotopic (exact) mass is 378 g/mol. The molecule has 0 saturated carbocycles. The lowest BCUT2D eigenvalue weighted by atomic mass is 10.1. The van der Waals surface area contributed by atoms with E-state index in [1.54, 1.807) is 0 Å². The van der Waals surface area contributed by atoms with Crippen LogP contribution in [0.4, 0.5) is 26.3 Å². The Balaban J connectivity index is 2.33. The standard InChI is InChI=1S/C16H8F6O4/c17-15(18,19)10-4-1-8(2-5-10)14(25)26-12-6-3-9(13(23)24)7-11(12)16(20,21)22/h1-7H,(H,23,24). The Morgan fingerprint density at radius 1 is 0.808 bits per heavy atom. The number of carboxylic acid groups (broad SMARTS) is 1. The van der Waals surface area contributed by atoms with Crippen molar-refractivity contribution in [1.29, 1.82) is 0 Å². The molecule has 138 valence electrons. The van der Waals surface area contributed by atoms with Gasteiger partial charge in [0.2, 0.25) is 0 Å². The van der Waals surface area contributed by atoms with E-state index in [2.05, 4.69) is 4.74 Å². The van der Waals surface area contributed by atoms with Gasteiger partial charge >= 0.3 is 24.3 Å². The molecule has 10 heteroatoms. The Labute approximate surface area is 141 Å². The Bertz CT molecular complexity index is 837. The molecule has 0 aliphatic heterocycles. The number of benzene rings is 2. The number of esters is 1. The molecule has 0 saturated heterocycles. The molecule has 0 amide bonds. The molecule has 0 aliphatic carbocycles. The van der Waals surface area contributed by atoms with Gasteiger partial charge in [0.05, 0.1) is 22.3 Å². The first-order valence-electron chi connectivity index (χ1n) is 6.73. The molecule has 1 N–H and O–H groups in total. The molecule has 0 atom stereocenters. The summed E-state index contributed by atoms with van der Waals surface area (Å²) in [6.07, 6.45) is -9.65. The fourth-order valence-corrected chi connectivity index (χ4v) is 1.93. The summed E-state index contributed by atoms with van der Waals surface area (Å²) >= 11 is 0. The van der Waals surface area contributed by atoms with Crippen LogP contribution in [0.25, 0.3) is 0 Å². The molecule has 0 aliphatic rings. The van der Waals surface area contributed by atoms with Crippen molar-refractivity contribution in [3.63, 3.8) is 0 Å². The predicted octanol–water partition coefficient (Wildman–Crippen LogP) is 4.64. The van der Waals surface area contributed by atoms with Crippen molar-refractivity contribution in [3.8, 4) is 5.75 Å². The summed E-state index contributed by atoms with van der Waals surface area (Å²) in [6, 6.07) is 4.40. The molecule has 2 rings (SSSR count). The number of carbonyl (C=O) groups excluding carboxylic acids is 1. The number of aromatic carboxylic acids is 1. The number of carboxylic acids is 1. The van der Waals surface area contributed by atoms with E-state index in [9.17, 15) is 35.9 Å². The molecule has 2 aromatic rings. The van der Waals surface area contributed by atoms with E-state index in [1.165, 1.54) is 0 Å². The largest absolute Gasteiger partial charge is 0.478 e. The number of halogens is 6. The van der Waals surface area contributed by atoms with E-state index in [-0.39, 0.29) is 6.07 Å². The second-order valence-electron chi connectivity index (χ2n) is 4.98. The first-order valence-corrected chi connectivity index (χ1v) is 6.73. The van der Waals surface area contributed by atoms with Crippen LogP contribution in [0.3, 0.4) is 0 Å². The highest BCUT2D eigenvalue weighted by atomic mass is 19.4. The zero-order valence-electron chi connectivity index (χ0n) is 12.5. The summed E-state index contributed by atoms with van der Waals surface area (Å²) in [5.41, 5.74) is -3.63. The molecule has 26 heavy (non-hydrogen) atoms. The topological polar surface area (TPSA) is 63.6 Å². The third-order valence-corrected chi connectivity index (χ3v) is 3.18. The lowest BCUT2D eigenvalue weighted by Crippen LogP contribution is -2.15. The predicted molar refractivity (Wildman–Crippen MR) is 74.8 cm³/mol. The summed E-state index contributed by atoms with van der Waals surface area (Å²) in [4.78, 5) is 22.7. The summed E-state index contributed by atoms with van der Waals surface area (Å²) in [5, 5.41) is 8.75. The van der Waals surface area contributed by atoms with E-state index in [0.717, 1.165) is 18.2 Å². The van der Waals surface area contributed by atoms with Crippen molar-refractivity contribution in [2.24, 2.45) is 0 Å². The van der Waals surface area contributed by atoms with Gasteiger partial charge in [0.1, 0.15) is 5.75 Å². The van der Waals surface area contributed by atoms with Crippen molar-refractivity contribution >= 4 is 11.9 Å². The van der Waals surface area contributed by atoms with Crippen LogP contribution in [-0.4, -0.2) is 17.0 Å². The van der Waals surface area contributed by atoms with Crippen LogP contribution < -0.4 is 4.74 Å². The van der Waals surface area contributed by atoms with Gasteiger partial charge in [-0.3, -0.25) is 0 Å². The Morgan fingerprint density at radius 3 is 1.81 bits per heavy atom. The number of carbonyl (C=O) groups is 2. The van der Waals surface area contributed by atoms with Gasteiger partial charge in [0.25, 0.3) is 0 Å². The van der Waals surface area contributed by atoms with Crippen molar-refractivity contribution in [3.05, 3.63) is 64.7 Å². The zero-order valence-corrected chi connectivity index (χ0v) is 12.5. The molecule has 0 heterocycles. The number of hydrogen-bond donors (Lipinski definition) is 1. The van der Waals surface area contributed by atoms with Crippen LogP contribution in [0, 0.1) is 0 Å². The third kappa shape index (κ3) is 4.32. The van der Waals surface area contributed by atoms with Crippen molar-refractivity contribution in [1.82, 2.24) is 0 Å². The quantitative estimate of drug-likeness (QED) is 0.480. The van der Waals surface area contributed by atoms with E-state index < -0.39 is 52.3 Å². The van der Waals surface area contributed by atoms with E-state index in [4.69, 9.17) is 5.11 Å². The molecule has 4 nitrogen and oxygen atoms in total. The van der Waals surface area contributed by atoms with Crippen LogP contribution in [0.2, 0.25) is 0 Å². The van der Waals surface area contributed by atoms with Gasteiger partial charge in [-0.05, 0) is 42.5 Å². The fourth-order valence-electron chi connectivity index (χ4n) is 1.93. The maximum Gasteiger partial charge on any atom is 0.420 e. The van der Waals surface area contributed by atoms with Crippen LogP contribution in [0.1, 0.15) is 31.8 Å². The second kappa shape index (κ2) is 6.70. The normalized spacial score (nSPS) is 11.9. The summed E-state index contributed by atoms with van der Waals surface area (Å²) in [5.74, 6) is -3.91. The first kappa shape index (κ1) is 19.3. The minimum atomic E-state index is -5.01. The maximum atomic E-state index is 13.0. The van der Waals surface area contributed by atoms with Gasteiger partial charge < -0.3 is 9.84 Å². The average Bonchev–Trinajstić information content (AvgIpc) is 2.53. The Hall–Kier alpha value is -3.04. The molecule has 0 fully saturated rings. The second-order valence-corrected chi connectivity index (χ2v) is 4.98. The Kier molecular flexibility index (Phi) is 4.97. The molecule has 0 radical (unpaired) electrons. The van der Waals surface area contributed by atoms with Gasteiger partial charge in [-0.25, -0.2) is 9.59 Å². The molecule has 0 bridgehead atoms. The van der Waals surface area contributed by atoms with Crippen LogP contribution in [0.15, 0.2) is 42.5 Å². The lowest BCUT2D eigenvalue weighted by Gasteiger charge is -2.14. The van der Waals surface area contributed by atoms with Crippen molar-refractivity contribution in [2.45, 2.75) is 12.4 Å². The van der Waals surface area contributed by atoms with Gasteiger partial charge in [-0.2, -0.15) is 26.3 Å². The number of rotatable bonds is 3. The van der Waals surface area contributed by atoms with Gasteiger partial charge in [0.15, 0.2) is 0 Å². The van der Waals surface area contributed by atoms with Crippen molar-refractivity contribution in [2.75, 3.05) is 0 Å². The lowest BCUT2D eigenvalue weighted by molar-refractivity contribution is -0.139. The smallest absolute Gasteiger partial charge is 0.420 e. The molecule has 0 spiro atoms.